The molecular formula is C37H39FN6O8S. The maximum absolute atomic E-state index is 13.6. The standard InChI is InChI=1S/C37H39FN6O8S/c1-22(2)37(4,39)34(46)51-21-52-36(47)44(30-17-16-29(53(6,48)49)19-31(30)50-5)35-41-32-18-11-26(20-43(32)42-35)25-9-14-28(15-10-25)40-33(45)23(3)24-7-12-27(38)13-8-24/h7-20,22-23H,21,39H2,1-6H3,(H,40,45)/t23-,37-/m1/s1. The van der Waals surface area contributed by atoms with E-state index in [1.165, 1.54) is 48.9 Å². The minimum atomic E-state index is -3.64. The van der Waals surface area contributed by atoms with Gasteiger partial charge in [0.1, 0.15) is 17.1 Å². The first-order valence-electron chi connectivity index (χ1n) is 16.3. The van der Waals surface area contributed by atoms with Crippen LogP contribution in [0.3, 0.4) is 0 Å². The second kappa shape index (κ2) is 15.4. The van der Waals surface area contributed by atoms with Gasteiger partial charge in [0.25, 0.3) is 5.95 Å². The van der Waals surface area contributed by atoms with Crippen molar-refractivity contribution < 1.29 is 41.4 Å². The molecule has 0 radical (unpaired) electrons. The molecule has 0 unspecified atom stereocenters. The summed E-state index contributed by atoms with van der Waals surface area (Å²) in [5.41, 5.74) is 7.86. The highest BCUT2D eigenvalue weighted by Crippen LogP contribution is 2.35. The molecule has 2 amide bonds. The van der Waals surface area contributed by atoms with Crippen LogP contribution >= 0.6 is 0 Å². The summed E-state index contributed by atoms with van der Waals surface area (Å²) >= 11 is 0. The average molecular weight is 747 g/mol. The minimum Gasteiger partial charge on any atom is -0.495 e. The van der Waals surface area contributed by atoms with E-state index in [4.69, 9.17) is 19.9 Å². The number of amides is 2. The van der Waals surface area contributed by atoms with Gasteiger partial charge < -0.3 is 25.3 Å². The fraction of sp³-hybridized carbons (Fsp3) is 0.270. The minimum absolute atomic E-state index is 0.00463. The molecule has 2 atom stereocenters. The van der Waals surface area contributed by atoms with Gasteiger partial charge in [0, 0.05) is 29.8 Å². The van der Waals surface area contributed by atoms with Crippen LogP contribution in [-0.4, -0.2) is 66.7 Å². The van der Waals surface area contributed by atoms with E-state index in [0.717, 1.165) is 22.3 Å². The smallest absolute Gasteiger partial charge is 0.424 e. The Morgan fingerprint density at radius 3 is 2.25 bits per heavy atom. The number of fused-ring (bicyclic) bond motifs is 1. The predicted molar refractivity (Wildman–Crippen MR) is 195 cm³/mol. The molecular weight excluding hydrogens is 708 g/mol. The molecule has 0 aliphatic carbocycles. The lowest BCUT2D eigenvalue weighted by Gasteiger charge is -2.26. The van der Waals surface area contributed by atoms with Crippen molar-refractivity contribution in [3.63, 3.8) is 0 Å². The highest BCUT2D eigenvalue weighted by atomic mass is 32.2. The number of nitrogens with zero attached hydrogens (tertiary/aromatic N) is 4. The molecule has 278 valence electrons. The Hall–Kier alpha value is -5.87. The summed E-state index contributed by atoms with van der Waals surface area (Å²) in [6.07, 6.45) is 1.65. The summed E-state index contributed by atoms with van der Waals surface area (Å²) in [7, 11) is -2.33. The first kappa shape index (κ1) is 38.4. The monoisotopic (exact) mass is 746 g/mol. The van der Waals surface area contributed by atoms with Crippen LogP contribution in [-0.2, 0) is 28.9 Å². The zero-order valence-electron chi connectivity index (χ0n) is 29.9. The second-order valence-corrected chi connectivity index (χ2v) is 14.8. The number of rotatable bonds is 12. The van der Waals surface area contributed by atoms with Crippen LogP contribution in [0.1, 0.15) is 39.2 Å². The summed E-state index contributed by atoms with van der Waals surface area (Å²) in [4.78, 5) is 44.4. The number of halogens is 1. The summed E-state index contributed by atoms with van der Waals surface area (Å²) in [5.74, 6) is -2.36. The van der Waals surface area contributed by atoms with Gasteiger partial charge in [-0.2, -0.15) is 4.98 Å². The van der Waals surface area contributed by atoms with Crippen molar-refractivity contribution in [2.75, 3.05) is 30.4 Å². The van der Waals surface area contributed by atoms with E-state index >= 15 is 0 Å². The van der Waals surface area contributed by atoms with Gasteiger partial charge in [0.15, 0.2) is 15.5 Å². The zero-order chi connectivity index (χ0) is 38.7. The van der Waals surface area contributed by atoms with E-state index < -0.39 is 40.1 Å². The normalized spacial score (nSPS) is 13.2. The van der Waals surface area contributed by atoms with Crippen LogP contribution in [0, 0.1) is 11.7 Å². The van der Waals surface area contributed by atoms with E-state index in [2.05, 4.69) is 15.4 Å². The number of ether oxygens (including phenoxy) is 3. The fourth-order valence-corrected chi connectivity index (χ4v) is 5.62. The number of anilines is 3. The first-order chi connectivity index (χ1) is 25.0. The van der Waals surface area contributed by atoms with Gasteiger partial charge >= 0.3 is 12.1 Å². The van der Waals surface area contributed by atoms with Gasteiger partial charge in [-0.3, -0.25) is 4.79 Å². The van der Waals surface area contributed by atoms with Crippen molar-refractivity contribution in [3.8, 4) is 16.9 Å². The Balaban J connectivity index is 1.41. The van der Waals surface area contributed by atoms with Crippen LogP contribution in [0.5, 0.6) is 5.75 Å². The summed E-state index contributed by atoms with van der Waals surface area (Å²) in [6, 6.07) is 20.2. The number of nitrogens with one attached hydrogen (secondary N) is 1. The molecule has 0 aliphatic rings. The van der Waals surface area contributed by atoms with Crippen molar-refractivity contribution in [2.24, 2.45) is 11.7 Å². The third kappa shape index (κ3) is 8.61. The maximum atomic E-state index is 13.6. The highest BCUT2D eigenvalue weighted by molar-refractivity contribution is 7.90. The van der Waals surface area contributed by atoms with Crippen molar-refractivity contribution in [3.05, 3.63) is 96.4 Å². The first-order valence-corrected chi connectivity index (χ1v) is 18.2. The number of carbonyl (C=O) groups is 3. The van der Waals surface area contributed by atoms with Crippen molar-refractivity contribution in [2.45, 2.75) is 44.0 Å². The number of sulfone groups is 1. The van der Waals surface area contributed by atoms with E-state index in [1.54, 1.807) is 63.4 Å². The van der Waals surface area contributed by atoms with Gasteiger partial charge in [-0.05, 0) is 79.4 Å². The molecule has 0 bridgehead atoms. The molecule has 14 nitrogen and oxygen atoms in total. The number of hydrogen-bond acceptors (Lipinski definition) is 11. The lowest BCUT2D eigenvalue weighted by molar-refractivity contribution is -0.159. The lowest BCUT2D eigenvalue weighted by atomic mass is 9.90. The lowest BCUT2D eigenvalue weighted by Crippen LogP contribution is -2.50. The second-order valence-electron chi connectivity index (χ2n) is 12.8. The molecule has 5 rings (SSSR count). The van der Waals surface area contributed by atoms with Crippen LogP contribution in [0.2, 0.25) is 0 Å². The van der Waals surface area contributed by atoms with E-state index in [1.807, 2.05) is 12.1 Å². The molecule has 5 aromatic rings. The number of methoxy groups -OCH3 is 1. The van der Waals surface area contributed by atoms with Gasteiger partial charge in [0.05, 0.1) is 23.6 Å². The van der Waals surface area contributed by atoms with Crippen LogP contribution < -0.4 is 20.7 Å². The van der Waals surface area contributed by atoms with E-state index in [0.29, 0.717) is 16.9 Å². The van der Waals surface area contributed by atoms with Crippen LogP contribution in [0.15, 0.2) is 90.0 Å². The Labute approximate surface area is 305 Å². The van der Waals surface area contributed by atoms with Crippen molar-refractivity contribution in [1.82, 2.24) is 14.6 Å². The van der Waals surface area contributed by atoms with Gasteiger partial charge in [0.2, 0.25) is 12.7 Å². The number of hydrogen-bond donors (Lipinski definition) is 2. The molecule has 0 saturated heterocycles. The van der Waals surface area contributed by atoms with E-state index in [-0.39, 0.29) is 39.9 Å². The Kier molecular flexibility index (Phi) is 11.1. The largest absolute Gasteiger partial charge is 0.495 e. The quantitative estimate of drug-likeness (QED) is 0.116. The zero-order valence-corrected chi connectivity index (χ0v) is 30.7. The molecule has 3 N–H and O–H groups in total. The summed E-state index contributed by atoms with van der Waals surface area (Å²) in [5, 5.41) is 7.38. The van der Waals surface area contributed by atoms with Gasteiger partial charge in [-0.25, -0.2) is 31.8 Å². The summed E-state index contributed by atoms with van der Waals surface area (Å²) < 4.78 is 55.2. The molecule has 2 aromatic heterocycles. The number of nitrogens with two attached hydrogens (primary N) is 1. The fourth-order valence-electron chi connectivity index (χ4n) is 4.99. The Bertz CT molecular complexity index is 2260. The van der Waals surface area contributed by atoms with Crippen molar-refractivity contribution in [1.29, 1.82) is 0 Å². The SMILES string of the molecule is COc1cc(S(C)(=O)=O)ccc1N(C(=O)OCOC(=O)[C@](C)(N)C(C)C)c1nc2ccc(-c3ccc(NC(=O)[C@H](C)c4ccc(F)cc4)cc3)cn2n1. The third-order valence-electron chi connectivity index (χ3n) is 8.78. The number of esters is 1. The molecule has 0 spiro atoms. The Morgan fingerprint density at radius 2 is 1.62 bits per heavy atom. The third-order valence-corrected chi connectivity index (χ3v) is 9.89. The number of aromatic nitrogens is 3. The molecule has 0 aliphatic heterocycles. The molecule has 2 heterocycles. The highest BCUT2D eigenvalue weighted by Gasteiger charge is 2.35. The molecule has 16 heteroatoms. The number of benzene rings is 3. The Morgan fingerprint density at radius 1 is 0.962 bits per heavy atom. The predicted octanol–water partition coefficient (Wildman–Crippen LogP) is 5.84. The molecule has 0 saturated carbocycles. The van der Waals surface area contributed by atoms with Gasteiger partial charge in [-0.15, -0.1) is 5.10 Å². The van der Waals surface area contributed by atoms with E-state index in [9.17, 15) is 27.2 Å². The molecule has 53 heavy (non-hydrogen) atoms. The topological polar surface area (TPSA) is 185 Å². The molecule has 0 fully saturated rings. The number of pyridine rings is 1. The summed E-state index contributed by atoms with van der Waals surface area (Å²) in [6.45, 7) is 5.95. The average Bonchev–Trinajstić information content (AvgIpc) is 3.54. The van der Waals surface area contributed by atoms with Crippen LogP contribution in [0.4, 0.5) is 26.5 Å². The van der Waals surface area contributed by atoms with Crippen molar-refractivity contribution >= 4 is 50.8 Å². The van der Waals surface area contributed by atoms with Crippen LogP contribution in [0.25, 0.3) is 16.8 Å². The molecule has 3 aromatic carbocycles. The number of carbonyl (C=O) groups excluding carboxylic acids is 3. The van der Waals surface area contributed by atoms with Gasteiger partial charge in [-0.1, -0.05) is 38.1 Å². The maximum Gasteiger partial charge on any atom is 0.424 e.